The average Bonchev–Trinajstić information content (AvgIpc) is 1.95. The third kappa shape index (κ3) is 6.03. The maximum Gasteiger partial charge on any atom is 0.404 e. The number of rotatable bonds is 5. The Kier molecular flexibility index (Phi) is 5.63. The van der Waals surface area contributed by atoms with E-state index >= 15 is 0 Å². The lowest BCUT2D eigenvalue weighted by Crippen LogP contribution is -2.49. The van der Waals surface area contributed by atoms with Crippen LogP contribution in [0.3, 0.4) is 0 Å². The van der Waals surface area contributed by atoms with Crippen molar-refractivity contribution in [2.24, 2.45) is 11.8 Å². The van der Waals surface area contributed by atoms with E-state index in [0.29, 0.717) is 5.92 Å². The molecule has 15 heavy (non-hydrogen) atoms. The first-order valence-electron chi connectivity index (χ1n) is 5.47. The van der Waals surface area contributed by atoms with Crippen LogP contribution in [0, 0.1) is 11.8 Å². The first kappa shape index (κ1) is 14.8. The quantitative estimate of drug-likeness (QED) is 0.753. The Labute approximate surface area is 90.4 Å². The zero-order valence-electron chi connectivity index (χ0n) is 10.2. The number of halogens is 3. The van der Waals surface area contributed by atoms with Gasteiger partial charge in [-0.25, -0.2) is 0 Å². The Morgan fingerprint density at radius 1 is 1.00 bits per heavy atom. The summed E-state index contributed by atoms with van der Waals surface area (Å²) in [5.41, 5.74) is 0. The summed E-state index contributed by atoms with van der Waals surface area (Å²) >= 11 is 0. The second kappa shape index (κ2) is 5.73. The standard InChI is InChI=1S/C11H22F3N/c1-7(2)6-9(5)15-10(8(3)4)11(12,13)14/h7-10,15H,6H2,1-5H3/t9?,10-/m0/s1. The highest BCUT2D eigenvalue weighted by Crippen LogP contribution is 2.26. The van der Waals surface area contributed by atoms with Gasteiger partial charge in [-0.05, 0) is 25.2 Å². The van der Waals surface area contributed by atoms with Crippen molar-refractivity contribution in [3.05, 3.63) is 0 Å². The largest absolute Gasteiger partial charge is 0.404 e. The summed E-state index contributed by atoms with van der Waals surface area (Å²) in [7, 11) is 0. The Morgan fingerprint density at radius 2 is 1.47 bits per heavy atom. The summed E-state index contributed by atoms with van der Waals surface area (Å²) in [6, 6.07) is -1.50. The van der Waals surface area contributed by atoms with Gasteiger partial charge >= 0.3 is 6.18 Å². The van der Waals surface area contributed by atoms with Crippen LogP contribution in [-0.2, 0) is 0 Å². The second-order valence-electron chi connectivity index (χ2n) is 4.96. The maximum atomic E-state index is 12.6. The van der Waals surface area contributed by atoms with Crippen molar-refractivity contribution in [1.29, 1.82) is 0 Å². The molecule has 0 radical (unpaired) electrons. The lowest BCUT2D eigenvalue weighted by molar-refractivity contribution is -0.167. The zero-order chi connectivity index (χ0) is 12.2. The fourth-order valence-electron chi connectivity index (χ4n) is 1.75. The minimum absolute atomic E-state index is 0.0981. The van der Waals surface area contributed by atoms with Crippen LogP contribution in [0.2, 0.25) is 0 Å². The van der Waals surface area contributed by atoms with Crippen molar-refractivity contribution in [3.63, 3.8) is 0 Å². The Bertz CT molecular complexity index is 175. The molecule has 0 aromatic heterocycles. The van der Waals surface area contributed by atoms with E-state index in [1.165, 1.54) is 0 Å². The van der Waals surface area contributed by atoms with Crippen LogP contribution in [0.25, 0.3) is 0 Å². The monoisotopic (exact) mass is 225 g/mol. The van der Waals surface area contributed by atoms with Crippen LogP contribution in [0.15, 0.2) is 0 Å². The molecule has 0 amide bonds. The first-order chi connectivity index (χ1) is 6.64. The molecular formula is C11H22F3N. The molecule has 0 bridgehead atoms. The average molecular weight is 225 g/mol. The molecule has 1 N–H and O–H groups in total. The summed E-state index contributed by atoms with van der Waals surface area (Å²) in [5.74, 6) is -0.0202. The van der Waals surface area contributed by atoms with Gasteiger partial charge in [-0.2, -0.15) is 13.2 Å². The van der Waals surface area contributed by atoms with Gasteiger partial charge in [0.15, 0.2) is 0 Å². The van der Waals surface area contributed by atoms with Gasteiger partial charge < -0.3 is 5.32 Å². The van der Waals surface area contributed by atoms with Crippen LogP contribution in [-0.4, -0.2) is 18.3 Å². The highest BCUT2D eigenvalue weighted by Gasteiger charge is 2.41. The van der Waals surface area contributed by atoms with Crippen molar-refractivity contribution in [3.8, 4) is 0 Å². The zero-order valence-corrected chi connectivity index (χ0v) is 10.2. The molecule has 0 aliphatic rings. The molecule has 0 rings (SSSR count). The van der Waals surface area contributed by atoms with E-state index in [1.807, 2.05) is 13.8 Å². The van der Waals surface area contributed by atoms with Crippen molar-refractivity contribution in [2.75, 3.05) is 0 Å². The molecule has 0 aliphatic carbocycles. The minimum Gasteiger partial charge on any atom is -0.303 e. The van der Waals surface area contributed by atoms with Gasteiger partial charge in [-0.15, -0.1) is 0 Å². The number of hydrogen-bond acceptors (Lipinski definition) is 1. The van der Waals surface area contributed by atoms with Crippen LogP contribution in [0.4, 0.5) is 13.2 Å². The van der Waals surface area contributed by atoms with E-state index in [-0.39, 0.29) is 6.04 Å². The minimum atomic E-state index is -4.15. The molecule has 0 spiro atoms. The van der Waals surface area contributed by atoms with E-state index < -0.39 is 18.1 Å². The number of alkyl halides is 3. The van der Waals surface area contributed by atoms with Crippen LogP contribution in [0.5, 0.6) is 0 Å². The van der Waals surface area contributed by atoms with E-state index in [4.69, 9.17) is 0 Å². The molecule has 92 valence electrons. The number of hydrogen-bond donors (Lipinski definition) is 1. The molecule has 0 saturated carbocycles. The van der Waals surface area contributed by atoms with Gasteiger partial charge in [0.1, 0.15) is 6.04 Å². The Hall–Kier alpha value is -0.250. The predicted molar refractivity (Wildman–Crippen MR) is 56.7 cm³/mol. The first-order valence-corrected chi connectivity index (χ1v) is 5.47. The molecule has 2 atom stereocenters. The van der Waals surface area contributed by atoms with Gasteiger partial charge in [0.25, 0.3) is 0 Å². The van der Waals surface area contributed by atoms with Gasteiger partial charge in [-0.3, -0.25) is 0 Å². The molecule has 1 nitrogen and oxygen atoms in total. The van der Waals surface area contributed by atoms with Crippen molar-refractivity contribution in [2.45, 2.75) is 59.3 Å². The normalized spacial score (nSPS) is 17.2. The van der Waals surface area contributed by atoms with Crippen LogP contribution >= 0.6 is 0 Å². The highest BCUT2D eigenvalue weighted by molar-refractivity contribution is 4.81. The Balaban J connectivity index is 4.30. The summed E-state index contributed by atoms with van der Waals surface area (Å²) in [4.78, 5) is 0. The summed E-state index contributed by atoms with van der Waals surface area (Å²) in [6.07, 6.45) is -3.39. The van der Waals surface area contributed by atoms with Crippen molar-refractivity contribution < 1.29 is 13.2 Å². The summed E-state index contributed by atoms with van der Waals surface area (Å²) in [5, 5.41) is 2.66. The van der Waals surface area contributed by atoms with E-state index in [1.54, 1.807) is 20.8 Å². The van der Waals surface area contributed by atoms with Gasteiger partial charge in [0.05, 0.1) is 0 Å². The molecule has 0 saturated heterocycles. The third-order valence-electron chi connectivity index (χ3n) is 2.31. The maximum absolute atomic E-state index is 12.6. The predicted octanol–water partition coefficient (Wildman–Crippen LogP) is 3.60. The van der Waals surface area contributed by atoms with E-state index in [0.717, 1.165) is 6.42 Å². The van der Waals surface area contributed by atoms with Gasteiger partial charge in [0, 0.05) is 6.04 Å². The fraction of sp³-hybridized carbons (Fsp3) is 1.00. The van der Waals surface area contributed by atoms with Crippen LogP contribution in [0.1, 0.15) is 41.0 Å². The van der Waals surface area contributed by atoms with Crippen molar-refractivity contribution in [1.82, 2.24) is 5.32 Å². The second-order valence-corrected chi connectivity index (χ2v) is 4.96. The van der Waals surface area contributed by atoms with Crippen LogP contribution < -0.4 is 5.32 Å². The van der Waals surface area contributed by atoms with Gasteiger partial charge in [-0.1, -0.05) is 27.7 Å². The van der Waals surface area contributed by atoms with E-state index in [2.05, 4.69) is 5.32 Å². The molecule has 0 fully saturated rings. The third-order valence-corrected chi connectivity index (χ3v) is 2.31. The molecule has 0 aromatic carbocycles. The number of nitrogens with one attached hydrogen (secondary N) is 1. The lowest BCUT2D eigenvalue weighted by Gasteiger charge is -2.29. The summed E-state index contributed by atoms with van der Waals surface area (Å²) in [6.45, 7) is 9.01. The lowest BCUT2D eigenvalue weighted by atomic mass is 10.00. The SMILES string of the molecule is CC(C)CC(C)N[C@@H](C(C)C)C(F)(F)F. The van der Waals surface area contributed by atoms with Gasteiger partial charge in [0.2, 0.25) is 0 Å². The Morgan fingerprint density at radius 3 is 1.73 bits per heavy atom. The summed E-state index contributed by atoms with van der Waals surface area (Å²) < 4.78 is 37.8. The molecular weight excluding hydrogens is 203 g/mol. The smallest absolute Gasteiger partial charge is 0.303 e. The molecule has 0 aliphatic heterocycles. The molecule has 4 heteroatoms. The molecule has 0 heterocycles. The fourth-order valence-corrected chi connectivity index (χ4v) is 1.75. The highest BCUT2D eigenvalue weighted by atomic mass is 19.4. The molecule has 0 aromatic rings. The van der Waals surface area contributed by atoms with Crippen molar-refractivity contribution >= 4 is 0 Å². The van der Waals surface area contributed by atoms with E-state index in [9.17, 15) is 13.2 Å². The molecule has 1 unspecified atom stereocenters. The topological polar surface area (TPSA) is 12.0 Å².